The standard InChI is InChI=1S/C18H19NO3/c1-11-4-5-14(8-12(11)2)13(3)19-18(20)15-6-7-16-17(9-15)22-10-21-16/h4-9,13H,10H2,1-3H3,(H,19,20)/t13-/m0/s1. The summed E-state index contributed by atoms with van der Waals surface area (Å²) in [6, 6.07) is 11.4. The van der Waals surface area contributed by atoms with E-state index in [0.29, 0.717) is 17.1 Å². The molecule has 0 aliphatic carbocycles. The molecule has 2 aromatic carbocycles. The molecule has 0 saturated heterocycles. The highest BCUT2D eigenvalue weighted by atomic mass is 16.7. The Bertz CT molecular complexity index is 724. The van der Waals surface area contributed by atoms with Crippen LogP contribution in [0.15, 0.2) is 36.4 Å². The Morgan fingerprint density at radius 1 is 1.05 bits per heavy atom. The topological polar surface area (TPSA) is 47.6 Å². The zero-order valence-corrected chi connectivity index (χ0v) is 13.0. The highest BCUT2D eigenvalue weighted by Crippen LogP contribution is 2.32. The predicted octanol–water partition coefficient (Wildman–Crippen LogP) is 3.52. The van der Waals surface area contributed by atoms with E-state index >= 15 is 0 Å². The van der Waals surface area contributed by atoms with Gasteiger partial charge in [0, 0.05) is 5.56 Å². The van der Waals surface area contributed by atoms with Crippen molar-refractivity contribution in [3.05, 3.63) is 58.7 Å². The molecule has 0 aromatic heterocycles. The van der Waals surface area contributed by atoms with Crippen LogP contribution in [0.25, 0.3) is 0 Å². The van der Waals surface area contributed by atoms with Crippen LogP contribution >= 0.6 is 0 Å². The van der Waals surface area contributed by atoms with E-state index < -0.39 is 0 Å². The Morgan fingerprint density at radius 3 is 2.59 bits per heavy atom. The smallest absolute Gasteiger partial charge is 0.251 e. The van der Waals surface area contributed by atoms with Crippen LogP contribution in [-0.2, 0) is 0 Å². The summed E-state index contributed by atoms with van der Waals surface area (Å²) < 4.78 is 10.6. The second kappa shape index (κ2) is 5.72. The molecule has 0 saturated carbocycles. The lowest BCUT2D eigenvalue weighted by Gasteiger charge is -2.16. The summed E-state index contributed by atoms with van der Waals surface area (Å²) in [6.07, 6.45) is 0. The molecule has 2 aromatic rings. The van der Waals surface area contributed by atoms with Crippen molar-refractivity contribution >= 4 is 5.91 Å². The normalized spacial score (nSPS) is 13.8. The summed E-state index contributed by atoms with van der Waals surface area (Å²) >= 11 is 0. The molecule has 22 heavy (non-hydrogen) atoms. The Hall–Kier alpha value is -2.49. The molecule has 0 unspecified atom stereocenters. The van der Waals surface area contributed by atoms with E-state index in [4.69, 9.17) is 9.47 Å². The zero-order valence-electron chi connectivity index (χ0n) is 13.0. The lowest BCUT2D eigenvalue weighted by atomic mass is 10.0. The number of carbonyl (C=O) groups excluding carboxylic acids is 1. The van der Waals surface area contributed by atoms with Crippen LogP contribution in [0.4, 0.5) is 0 Å². The van der Waals surface area contributed by atoms with Gasteiger partial charge < -0.3 is 14.8 Å². The molecule has 1 heterocycles. The highest BCUT2D eigenvalue weighted by molar-refractivity contribution is 5.95. The molecule has 4 nitrogen and oxygen atoms in total. The van der Waals surface area contributed by atoms with E-state index in [2.05, 4.69) is 31.3 Å². The Morgan fingerprint density at radius 2 is 1.82 bits per heavy atom. The number of aryl methyl sites for hydroxylation is 2. The number of rotatable bonds is 3. The third-order valence-corrected chi connectivity index (χ3v) is 4.01. The van der Waals surface area contributed by atoms with Gasteiger partial charge in [0.05, 0.1) is 6.04 Å². The van der Waals surface area contributed by atoms with Crippen molar-refractivity contribution in [1.82, 2.24) is 5.32 Å². The number of nitrogens with one attached hydrogen (secondary N) is 1. The van der Waals surface area contributed by atoms with E-state index in [1.807, 2.05) is 13.0 Å². The molecule has 0 bridgehead atoms. The van der Waals surface area contributed by atoms with Gasteiger partial charge >= 0.3 is 0 Å². The average Bonchev–Trinajstić information content (AvgIpc) is 2.97. The molecule has 0 fully saturated rings. The van der Waals surface area contributed by atoms with Crippen molar-refractivity contribution in [1.29, 1.82) is 0 Å². The number of benzene rings is 2. The van der Waals surface area contributed by atoms with Gasteiger partial charge in [-0.05, 0) is 55.7 Å². The minimum Gasteiger partial charge on any atom is -0.454 e. The van der Waals surface area contributed by atoms with Crippen LogP contribution in [0.5, 0.6) is 11.5 Å². The molecule has 1 amide bonds. The summed E-state index contributed by atoms with van der Waals surface area (Å²) in [5.41, 5.74) is 4.14. The first-order valence-electron chi connectivity index (χ1n) is 7.32. The first-order valence-corrected chi connectivity index (χ1v) is 7.32. The minimum atomic E-state index is -0.121. The molecule has 1 atom stereocenters. The highest BCUT2D eigenvalue weighted by Gasteiger charge is 2.17. The van der Waals surface area contributed by atoms with Gasteiger partial charge in [-0.15, -0.1) is 0 Å². The van der Waals surface area contributed by atoms with Crippen LogP contribution < -0.4 is 14.8 Å². The summed E-state index contributed by atoms with van der Waals surface area (Å²) in [5.74, 6) is 1.18. The van der Waals surface area contributed by atoms with Crippen LogP contribution in [0.2, 0.25) is 0 Å². The van der Waals surface area contributed by atoms with Crippen LogP contribution in [0.3, 0.4) is 0 Å². The van der Waals surface area contributed by atoms with Gasteiger partial charge in [0.15, 0.2) is 11.5 Å². The first-order chi connectivity index (χ1) is 10.5. The summed E-state index contributed by atoms with van der Waals surface area (Å²) in [5, 5.41) is 3.02. The molecule has 1 aliphatic heterocycles. The largest absolute Gasteiger partial charge is 0.454 e. The van der Waals surface area contributed by atoms with E-state index in [9.17, 15) is 4.79 Å². The number of hydrogen-bond acceptors (Lipinski definition) is 3. The Balaban J connectivity index is 1.74. The predicted molar refractivity (Wildman–Crippen MR) is 84.4 cm³/mol. The van der Waals surface area contributed by atoms with Gasteiger partial charge in [-0.25, -0.2) is 0 Å². The molecule has 4 heteroatoms. The molecule has 1 N–H and O–H groups in total. The molecule has 114 valence electrons. The van der Waals surface area contributed by atoms with Gasteiger partial charge in [0.25, 0.3) is 5.91 Å². The molecule has 3 rings (SSSR count). The average molecular weight is 297 g/mol. The third-order valence-electron chi connectivity index (χ3n) is 4.01. The second-order valence-electron chi connectivity index (χ2n) is 5.61. The van der Waals surface area contributed by atoms with Crippen molar-refractivity contribution in [3.8, 4) is 11.5 Å². The van der Waals surface area contributed by atoms with Crippen molar-refractivity contribution in [3.63, 3.8) is 0 Å². The number of ether oxygens (including phenoxy) is 2. The SMILES string of the molecule is Cc1ccc([C@H](C)NC(=O)c2ccc3c(c2)OCO3)cc1C. The molecule has 0 radical (unpaired) electrons. The second-order valence-corrected chi connectivity index (χ2v) is 5.61. The van der Waals surface area contributed by atoms with Gasteiger partial charge in [-0.1, -0.05) is 18.2 Å². The zero-order chi connectivity index (χ0) is 15.7. The van der Waals surface area contributed by atoms with Gasteiger partial charge in [0.2, 0.25) is 6.79 Å². The lowest BCUT2D eigenvalue weighted by Crippen LogP contribution is -2.26. The number of carbonyl (C=O) groups is 1. The first kappa shape index (κ1) is 14.4. The summed E-state index contributed by atoms with van der Waals surface area (Å²) in [7, 11) is 0. The maximum Gasteiger partial charge on any atom is 0.251 e. The summed E-state index contributed by atoms with van der Waals surface area (Å²) in [4.78, 5) is 12.4. The van der Waals surface area contributed by atoms with Gasteiger partial charge in [-0.3, -0.25) is 4.79 Å². The third kappa shape index (κ3) is 2.77. The lowest BCUT2D eigenvalue weighted by molar-refractivity contribution is 0.0939. The fourth-order valence-electron chi connectivity index (χ4n) is 2.44. The molecular weight excluding hydrogens is 278 g/mol. The fourth-order valence-corrected chi connectivity index (χ4v) is 2.44. The van der Waals surface area contributed by atoms with Crippen LogP contribution in [-0.4, -0.2) is 12.7 Å². The van der Waals surface area contributed by atoms with E-state index in [-0.39, 0.29) is 18.7 Å². The number of amides is 1. The number of fused-ring (bicyclic) bond motifs is 1. The maximum atomic E-state index is 12.4. The van der Waals surface area contributed by atoms with E-state index in [1.165, 1.54) is 11.1 Å². The Kier molecular flexibility index (Phi) is 3.75. The summed E-state index contributed by atoms with van der Waals surface area (Å²) in [6.45, 7) is 6.34. The quantitative estimate of drug-likeness (QED) is 0.943. The molecule has 1 aliphatic rings. The van der Waals surface area contributed by atoms with E-state index in [1.54, 1.807) is 18.2 Å². The van der Waals surface area contributed by atoms with Crippen molar-refractivity contribution in [2.45, 2.75) is 26.8 Å². The Labute approximate surface area is 130 Å². The van der Waals surface area contributed by atoms with Crippen molar-refractivity contribution in [2.24, 2.45) is 0 Å². The maximum absolute atomic E-state index is 12.4. The molecule has 0 spiro atoms. The van der Waals surface area contributed by atoms with Crippen molar-refractivity contribution in [2.75, 3.05) is 6.79 Å². The van der Waals surface area contributed by atoms with Crippen LogP contribution in [0.1, 0.15) is 40.0 Å². The number of hydrogen-bond donors (Lipinski definition) is 1. The molecular formula is C18H19NO3. The van der Waals surface area contributed by atoms with Gasteiger partial charge in [-0.2, -0.15) is 0 Å². The fraction of sp³-hybridized carbons (Fsp3) is 0.278. The van der Waals surface area contributed by atoms with Gasteiger partial charge in [0.1, 0.15) is 0 Å². The monoisotopic (exact) mass is 297 g/mol. The van der Waals surface area contributed by atoms with E-state index in [0.717, 1.165) is 5.56 Å². The van der Waals surface area contributed by atoms with Crippen LogP contribution in [0, 0.1) is 13.8 Å². The van der Waals surface area contributed by atoms with Crippen molar-refractivity contribution < 1.29 is 14.3 Å². The minimum absolute atomic E-state index is 0.0581.